The van der Waals surface area contributed by atoms with Gasteiger partial charge >= 0.3 is 6.18 Å². The molecule has 12 heteroatoms. The lowest BCUT2D eigenvalue weighted by atomic mass is 10.1. The van der Waals surface area contributed by atoms with E-state index in [4.69, 9.17) is 4.74 Å². The number of benzene rings is 1. The molecule has 2 fully saturated rings. The van der Waals surface area contributed by atoms with Crippen LogP contribution < -0.4 is 9.80 Å². The van der Waals surface area contributed by atoms with E-state index in [1.807, 2.05) is 0 Å². The second-order valence-electron chi connectivity index (χ2n) is 9.26. The quantitative estimate of drug-likeness (QED) is 0.580. The number of likely N-dealkylation sites (N-methyl/N-ethyl adjacent to an activating group) is 1. The highest BCUT2D eigenvalue weighted by molar-refractivity contribution is 5.99. The summed E-state index contributed by atoms with van der Waals surface area (Å²) in [7, 11) is 0. The van der Waals surface area contributed by atoms with Crippen LogP contribution in [-0.4, -0.2) is 78.5 Å². The fraction of sp³-hybridized carbons (Fsp3) is 0.520. The van der Waals surface area contributed by atoms with Gasteiger partial charge in [-0.1, -0.05) is 0 Å². The highest BCUT2D eigenvalue weighted by atomic mass is 19.4. The van der Waals surface area contributed by atoms with E-state index >= 15 is 0 Å². The number of carbonyl (C=O) groups is 1. The Balaban J connectivity index is 1.70. The van der Waals surface area contributed by atoms with Gasteiger partial charge in [-0.15, -0.1) is 0 Å². The van der Waals surface area contributed by atoms with Crippen LogP contribution in [0.3, 0.4) is 0 Å². The Labute approximate surface area is 211 Å². The second kappa shape index (κ2) is 10.9. The summed E-state index contributed by atoms with van der Waals surface area (Å²) in [6.07, 6.45) is -4.73. The third kappa shape index (κ3) is 5.86. The molecule has 2 aromatic rings. The Morgan fingerprint density at radius 3 is 2.59 bits per heavy atom. The van der Waals surface area contributed by atoms with E-state index in [1.165, 1.54) is 17.9 Å². The highest BCUT2D eigenvalue weighted by Crippen LogP contribution is 2.35. The lowest BCUT2D eigenvalue weighted by molar-refractivity contribution is -0.137. The average molecular weight is 529 g/mol. The molecule has 2 aliphatic rings. The lowest BCUT2D eigenvalue weighted by Gasteiger charge is -2.36. The van der Waals surface area contributed by atoms with Crippen LogP contribution in [0.2, 0.25) is 0 Å². The summed E-state index contributed by atoms with van der Waals surface area (Å²) in [4.78, 5) is 23.0. The molecule has 202 valence electrons. The minimum absolute atomic E-state index is 0.0153. The molecule has 0 radical (unpaired) electrons. The maximum atomic E-state index is 14.0. The van der Waals surface area contributed by atoms with Gasteiger partial charge in [-0.25, -0.2) is 13.8 Å². The molecular weight excluding hydrogens is 499 g/mol. The van der Waals surface area contributed by atoms with Gasteiger partial charge in [0.05, 0.1) is 24.9 Å². The molecule has 0 saturated carbocycles. The zero-order valence-corrected chi connectivity index (χ0v) is 20.5. The number of aliphatic hydroxyl groups excluding tert-OH is 1. The number of morpholine rings is 1. The fourth-order valence-electron chi connectivity index (χ4n) is 5.01. The predicted molar refractivity (Wildman–Crippen MR) is 126 cm³/mol. The molecule has 3 unspecified atom stereocenters. The van der Waals surface area contributed by atoms with Crippen LogP contribution in [0.15, 0.2) is 30.3 Å². The van der Waals surface area contributed by atoms with Crippen LogP contribution in [0.4, 0.5) is 33.5 Å². The molecule has 0 bridgehead atoms. The molecule has 2 saturated heterocycles. The number of alkyl halides is 3. The SMILES string of the molecule is CCN(C(=O)C1CC(N2CCOC(CO)C2)CN1c1cc(C(F)(F)F)cc(C)n1)c1ccc(F)c(F)c1. The summed E-state index contributed by atoms with van der Waals surface area (Å²) in [6.45, 7) is 4.63. The van der Waals surface area contributed by atoms with E-state index in [0.29, 0.717) is 19.7 Å². The first-order valence-electron chi connectivity index (χ1n) is 12.1. The summed E-state index contributed by atoms with van der Waals surface area (Å²) in [5, 5.41) is 9.54. The summed E-state index contributed by atoms with van der Waals surface area (Å²) in [5.41, 5.74) is -0.571. The van der Waals surface area contributed by atoms with E-state index in [2.05, 4.69) is 9.88 Å². The number of anilines is 2. The van der Waals surface area contributed by atoms with Crippen molar-refractivity contribution in [2.75, 3.05) is 49.2 Å². The van der Waals surface area contributed by atoms with E-state index in [-0.39, 0.29) is 49.4 Å². The molecule has 1 aromatic heterocycles. The van der Waals surface area contributed by atoms with Crippen molar-refractivity contribution in [3.8, 4) is 0 Å². The van der Waals surface area contributed by atoms with Crippen LogP contribution in [0.1, 0.15) is 24.6 Å². The number of halogens is 5. The van der Waals surface area contributed by atoms with Crippen LogP contribution in [0.25, 0.3) is 0 Å². The molecule has 3 atom stereocenters. The number of rotatable bonds is 6. The number of carbonyl (C=O) groups excluding carboxylic acids is 1. The molecule has 7 nitrogen and oxygen atoms in total. The molecular formula is C25H29F5N4O3. The molecule has 0 spiro atoms. The van der Waals surface area contributed by atoms with Crippen molar-refractivity contribution < 1.29 is 36.6 Å². The number of amides is 1. The molecule has 4 rings (SSSR count). The fourth-order valence-corrected chi connectivity index (χ4v) is 5.01. The molecule has 0 aliphatic carbocycles. The van der Waals surface area contributed by atoms with Gasteiger partial charge in [0.15, 0.2) is 11.6 Å². The molecule has 3 heterocycles. The Kier molecular flexibility index (Phi) is 8.00. The number of nitrogens with zero attached hydrogens (tertiary/aromatic N) is 4. The third-order valence-electron chi connectivity index (χ3n) is 6.81. The Bertz CT molecular complexity index is 1130. The van der Waals surface area contributed by atoms with Gasteiger partial charge in [0.2, 0.25) is 5.91 Å². The molecule has 37 heavy (non-hydrogen) atoms. The van der Waals surface area contributed by atoms with Gasteiger partial charge in [0.25, 0.3) is 0 Å². The van der Waals surface area contributed by atoms with Gasteiger partial charge < -0.3 is 19.6 Å². The number of ether oxygens (including phenoxy) is 1. The van der Waals surface area contributed by atoms with Gasteiger partial charge in [-0.3, -0.25) is 9.69 Å². The largest absolute Gasteiger partial charge is 0.416 e. The average Bonchev–Trinajstić information content (AvgIpc) is 3.31. The van der Waals surface area contributed by atoms with E-state index in [1.54, 1.807) is 11.8 Å². The van der Waals surface area contributed by atoms with E-state index < -0.39 is 41.4 Å². The smallest absolute Gasteiger partial charge is 0.394 e. The van der Waals surface area contributed by atoms with Crippen molar-refractivity contribution in [3.05, 3.63) is 53.2 Å². The van der Waals surface area contributed by atoms with Crippen molar-refractivity contribution in [1.82, 2.24) is 9.88 Å². The second-order valence-corrected chi connectivity index (χ2v) is 9.26. The Hall–Kier alpha value is -2.83. The summed E-state index contributed by atoms with van der Waals surface area (Å²) >= 11 is 0. The van der Waals surface area contributed by atoms with Crippen molar-refractivity contribution >= 4 is 17.4 Å². The van der Waals surface area contributed by atoms with Crippen LogP contribution in [-0.2, 0) is 15.7 Å². The number of pyridine rings is 1. The number of aryl methyl sites for hydroxylation is 1. The molecule has 1 aromatic carbocycles. The van der Waals surface area contributed by atoms with Crippen molar-refractivity contribution in [1.29, 1.82) is 0 Å². The minimum atomic E-state index is -4.60. The minimum Gasteiger partial charge on any atom is -0.394 e. The first kappa shape index (κ1) is 27.2. The zero-order valence-electron chi connectivity index (χ0n) is 20.5. The van der Waals surface area contributed by atoms with E-state index in [9.17, 15) is 31.9 Å². The standard InChI is InChI=1S/C25H29F5N4O3/c1-3-33(17-4-5-20(26)21(27)10-17)24(36)22-11-18(32-6-7-37-19(13-32)14-35)12-34(22)23-9-16(25(28,29)30)8-15(2)31-23/h4-5,8-10,18-19,22,35H,3,6-7,11-14H2,1-2H3. The summed E-state index contributed by atoms with van der Waals surface area (Å²) in [5.74, 6) is -2.60. The van der Waals surface area contributed by atoms with Crippen molar-refractivity contribution in [2.45, 2.75) is 44.6 Å². The maximum absolute atomic E-state index is 14.0. The van der Waals surface area contributed by atoms with Crippen LogP contribution >= 0.6 is 0 Å². The van der Waals surface area contributed by atoms with Gasteiger partial charge in [0.1, 0.15) is 11.9 Å². The number of aliphatic hydroxyl groups is 1. The van der Waals surface area contributed by atoms with Gasteiger partial charge in [0, 0.05) is 49.7 Å². The van der Waals surface area contributed by atoms with Gasteiger partial charge in [-0.2, -0.15) is 13.2 Å². The van der Waals surface area contributed by atoms with E-state index in [0.717, 1.165) is 24.3 Å². The van der Waals surface area contributed by atoms with Crippen molar-refractivity contribution in [3.63, 3.8) is 0 Å². The first-order chi connectivity index (χ1) is 17.5. The van der Waals surface area contributed by atoms with Crippen LogP contribution in [0, 0.1) is 18.6 Å². The number of hydrogen-bond acceptors (Lipinski definition) is 6. The zero-order chi connectivity index (χ0) is 26.9. The molecule has 1 amide bonds. The Morgan fingerprint density at radius 2 is 1.95 bits per heavy atom. The van der Waals surface area contributed by atoms with Crippen LogP contribution in [0.5, 0.6) is 0 Å². The summed E-state index contributed by atoms with van der Waals surface area (Å²) in [6, 6.07) is 3.89. The van der Waals surface area contributed by atoms with Crippen molar-refractivity contribution in [2.24, 2.45) is 0 Å². The number of aromatic nitrogens is 1. The lowest BCUT2D eigenvalue weighted by Crippen LogP contribution is -2.49. The first-order valence-corrected chi connectivity index (χ1v) is 12.1. The predicted octanol–water partition coefficient (Wildman–Crippen LogP) is 3.38. The van der Waals surface area contributed by atoms with Gasteiger partial charge in [-0.05, 0) is 44.5 Å². The monoisotopic (exact) mass is 528 g/mol. The summed E-state index contributed by atoms with van der Waals surface area (Å²) < 4.78 is 73.7. The topological polar surface area (TPSA) is 69.1 Å². The molecule has 1 N–H and O–H groups in total. The molecule has 2 aliphatic heterocycles. The highest BCUT2D eigenvalue weighted by Gasteiger charge is 2.43. The Morgan fingerprint density at radius 1 is 1.19 bits per heavy atom. The maximum Gasteiger partial charge on any atom is 0.416 e. The number of hydrogen-bond donors (Lipinski definition) is 1. The third-order valence-corrected chi connectivity index (χ3v) is 6.81. The normalized spacial score (nSPS) is 22.9.